The molecule has 1 amide bonds. The summed E-state index contributed by atoms with van der Waals surface area (Å²) >= 11 is 0. The minimum atomic E-state index is -1.00. The van der Waals surface area contributed by atoms with E-state index < -0.39 is 17.9 Å². The molecule has 1 fully saturated rings. The van der Waals surface area contributed by atoms with Gasteiger partial charge in [-0.3, -0.25) is 4.79 Å². The van der Waals surface area contributed by atoms with Gasteiger partial charge in [0.1, 0.15) is 6.04 Å². The number of aromatic nitrogens is 2. The van der Waals surface area contributed by atoms with Gasteiger partial charge in [0.05, 0.1) is 11.3 Å². The molecule has 0 radical (unpaired) electrons. The van der Waals surface area contributed by atoms with Crippen LogP contribution in [0.25, 0.3) is 11.4 Å². The number of carbonyl (C=O) groups excluding carboxylic acids is 1. The number of nitrogens with one attached hydrogen (secondary N) is 1. The van der Waals surface area contributed by atoms with Crippen LogP contribution in [-0.2, 0) is 4.79 Å². The van der Waals surface area contributed by atoms with Crippen molar-refractivity contribution in [2.24, 2.45) is 5.92 Å². The van der Waals surface area contributed by atoms with Gasteiger partial charge in [0.25, 0.3) is 5.91 Å². The number of rotatable bonds is 6. The highest BCUT2D eigenvalue weighted by molar-refractivity contribution is 5.97. The number of amides is 1. The molecule has 0 aliphatic heterocycles. The van der Waals surface area contributed by atoms with Crippen LogP contribution >= 0.6 is 0 Å². The molecule has 3 rings (SSSR count). The summed E-state index contributed by atoms with van der Waals surface area (Å²) in [7, 11) is 0. The Kier molecular flexibility index (Phi) is 4.55. The Bertz CT molecular complexity index is 757. The van der Waals surface area contributed by atoms with Gasteiger partial charge in [-0.2, -0.15) is 0 Å². The van der Waals surface area contributed by atoms with Gasteiger partial charge in [0.15, 0.2) is 5.82 Å². The molecule has 124 valence electrons. The second-order valence-electron chi connectivity index (χ2n) is 6.10. The first-order valence-electron chi connectivity index (χ1n) is 7.97. The van der Waals surface area contributed by atoms with Gasteiger partial charge < -0.3 is 10.4 Å². The first-order valence-corrected chi connectivity index (χ1v) is 7.97. The monoisotopic (exact) mass is 325 g/mol. The summed E-state index contributed by atoms with van der Waals surface area (Å²) in [6, 6.07) is 8.62. The Balaban J connectivity index is 1.76. The lowest BCUT2D eigenvalue weighted by Gasteiger charge is -2.15. The zero-order valence-corrected chi connectivity index (χ0v) is 13.4. The molecular weight excluding hydrogens is 306 g/mol. The molecule has 1 aliphatic rings. The highest BCUT2D eigenvalue weighted by Crippen LogP contribution is 2.33. The fourth-order valence-electron chi connectivity index (χ4n) is 2.56. The van der Waals surface area contributed by atoms with Crippen molar-refractivity contribution in [3.05, 3.63) is 47.8 Å². The third kappa shape index (κ3) is 3.76. The van der Waals surface area contributed by atoms with Gasteiger partial charge in [-0.1, -0.05) is 43.2 Å². The second kappa shape index (κ2) is 6.78. The lowest BCUT2D eigenvalue weighted by Crippen LogP contribution is -2.41. The van der Waals surface area contributed by atoms with Crippen LogP contribution in [0.3, 0.4) is 0 Å². The summed E-state index contributed by atoms with van der Waals surface area (Å²) in [5.41, 5.74) is 1.69. The fourth-order valence-corrected chi connectivity index (χ4v) is 2.56. The maximum Gasteiger partial charge on any atom is 0.326 e. The first kappa shape index (κ1) is 16.1. The van der Waals surface area contributed by atoms with Gasteiger partial charge in [0.2, 0.25) is 0 Å². The Labute approximate surface area is 140 Å². The van der Waals surface area contributed by atoms with Gasteiger partial charge in [-0.25, -0.2) is 14.8 Å². The van der Waals surface area contributed by atoms with Crippen molar-refractivity contribution in [2.75, 3.05) is 0 Å². The van der Waals surface area contributed by atoms with E-state index in [1.165, 1.54) is 6.20 Å². The molecule has 0 saturated heterocycles. The molecule has 6 nitrogen and oxygen atoms in total. The predicted molar refractivity (Wildman–Crippen MR) is 88.4 cm³/mol. The molecule has 1 aliphatic carbocycles. The first-order chi connectivity index (χ1) is 11.5. The zero-order valence-electron chi connectivity index (χ0n) is 13.4. The summed E-state index contributed by atoms with van der Waals surface area (Å²) in [5.74, 6) is -0.503. The van der Waals surface area contributed by atoms with Crippen molar-refractivity contribution >= 4 is 11.9 Å². The van der Waals surface area contributed by atoms with Crippen LogP contribution in [0.1, 0.15) is 35.3 Å². The fraction of sp³-hybridized carbons (Fsp3) is 0.333. The van der Waals surface area contributed by atoms with Gasteiger partial charge in [-0.15, -0.1) is 0 Å². The van der Waals surface area contributed by atoms with Crippen molar-refractivity contribution < 1.29 is 14.7 Å². The number of carboxylic acids is 1. The van der Waals surface area contributed by atoms with Crippen molar-refractivity contribution in [3.8, 4) is 11.4 Å². The summed E-state index contributed by atoms with van der Waals surface area (Å²) in [5, 5.41) is 11.8. The molecule has 1 aromatic carbocycles. The molecule has 1 heterocycles. The number of aliphatic carboxylic acids is 1. The Morgan fingerprint density at radius 1 is 1.29 bits per heavy atom. The van der Waals surface area contributed by atoms with Crippen LogP contribution in [-0.4, -0.2) is 33.0 Å². The highest BCUT2D eigenvalue weighted by atomic mass is 16.4. The molecule has 0 spiro atoms. The molecule has 24 heavy (non-hydrogen) atoms. The standard InChI is InChI=1S/C18H19N3O3/c1-11-14(10-19-16(20-11)13-5-3-2-4-6-13)17(22)21-15(18(23)24)9-12-7-8-12/h2-6,10,12,15H,7-9H2,1H3,(H,21,22)(H,23,24). The predicted octanol–water partition coefficient (Wildman–Crippen LogP) is 2.44. The lowest BCUT2D eigenvalue weighted by molar-refractivity contribution is -0.139. The third-order valence-corrected chi connectivity index (χ3v) is 4.13. The summed E-state index contributed by atoms with van der Waals surface area (Å²) < 4.78 is 0. The smallest absolute Gasteiger partial charge is 0.326 e. The van der Waals surface area contributed by atoms with E-state index in [2.05, 4.69) is 15.3 Å². The van der Waals surface area contributed by atoms with E-state index >= 15 is 0 Å². The van der Waals surface area contributed by atoms with Crippen molar-refractivity contribution in [3.63, 3.8) is 0 Å². The minimum Gasteiger partial charge on any atom is -0.480 e. The Morgan fingerprint density at radius 2 is 2.00 bits per heavy atom. The van der Waals surface area contributed by atoms with E-state index in [-0.39, 0.29) is 0 Å². The molecular formula is C18H19N3O3. The van der Waals surface area contributed by atoms with Crippen LogP contribution < -0.4 is 5.32 Å². The topological polar surface area (TPSA) is 92.2 Å². The van der Waals surface area contributed by atoms with Crippen molar-refractivity contribution in [1.82, 2.24) is 15.3 Å². The number of hydrogen-bond acceptors (Lipinski definition) is 4. The van der Waals surface area contributed by atoms with Crippen LogP contribution in [0.4, 0.5) is 0 Å². The van der Waals surface area contributed by atoms with Crippen molar-refractivity contribution in [2.45, 2.75) is 32.2 Å². The summed E-state index contributed by atoms with van der Waals surface area (Å²) in [6.45, 7) is 1.72. The van der Waals surface area contributed by atoms with E-state index in [0.717, 1.165) is 18.4 Å². The molecule has 2 N–H and O–H groups in total. The normalized spacial score (nSPS) is 14.9. The molecule has 0 bridgehead atoms. The van der Waals surface area contributed by atoms with Crippen LogP contribution in [0.5, 0.6) is 0 Å². The molecule has 6 heteroatoms. The Morgan fingerprint density at radius 3 is 2.58 bits per heavy atom. The molecule has 1 unspecified atom stereocenters. The Hall–Kier alpha value is -2.76. The van der Waals surface area contributed by atoms with Gasteiger partial charge in [0, 0.05) is 11.8 Å². The van der Waals surface area contributed by atoms with Gasteiger partial charge in [-0.05, 0) is 19.3 Å². The molecule has 1 saturated carbocycles. The summed E-state index contributed by atoms with van der Waals surface area (Å²) in [6.07, 6.45) is 4.00. The summed E-state index contributed by atoms with van der Waals surface area (Å²) in [4.78, 5) is 32.3. The van der Waals surface area contributed by atoms with Crippen LogP contribution in [0.2, 0.25) is 0 Å². The number of carbonyl (C=O) groups is 2. The van der Waals surface area contributed by atoms with Crippen LogP contribution in [0, 0.1) is 12.8 Å². The van der Waals surface area contributed by atoms with E-state index in [1.54, 1.807) is 6.92 Å². The highest BCUT2D eigenvalue weighted by Gasteiger charge is 2.30. The van der Waals surface area contributed by atoms with E-state index in [4.69, 9.17) is 0 Å². The molecule has 1 aromatic heterocycles. The quantitative estimate of drug-likeness (QED) is 0.851. The number of aryl methyl sites for hydroxylation is 1. The number of carboxylic acid groups (broad SMARTS) is 1. The third-order valence-electron chi connectivity index (χ3n) is 4.13. The second-order valence-corrected chi connectivity index (χ2v) is 6.10. The molecule has 2 aromatic rings. The number of benzene rings is 1. The molecule has 1 atom stereocenters. The van der Waals surface area contributed by atoms with E-state index in [0.29, 0.717) is 29.4 Å². The zero-order chi connectivity index (χ0) is 17.1. The number of nitrogens with zero attached hydrogens (tertiary/aromatic N) is 2. The number of hydrogen-bond donors (Lipinski definition) is 2. The van der Waals surface area contributed by atoms with Crippen LogP contribution in [0.15, 0.2) is 36.5 Å². The lowest BCUT2D eigenvalue weighted by atomic mass is 10.1. The van der Waals surface area contributed by atoms with Crippen molar-refractivity contribution in [1.29, 1.82) is 0 Å². The largest absolute Gasteiger partial charge is 0.480 e. The maximum atomic E-state index is 12.4. The average Bonchev–Trinajstić information content (AvgIpc) is 3.38. The SMILES string of the molecule is Cc1nc(-c2ccccc2)ncc1C(=O)NC(CC1CC1)C(=O)O. The maximum absolute atomic E-state index is 12.4. The van der Waals surface area contributed by atoms with E-state index in [9.17, 15) is 14.7 Å². The minimum absolute atomic E-state index is 0.303. The average molecular weight is 325 g/mol. The van der Waals surface area contributed by atoms with Gasteiger partial charge >= 0.3 is 5.97 Å². The van der Waals surface area contributed by atoms with E-state index in [1.807, 2.05) is 30.3 Å².